The Labute approximate surface area is 112 Å². The Morgan fingerprint density at radius 1 is 1.26 bits per heavy atom. The van der Waals surface area contributed by atoms with Crippen LogP contribution in [0, 0.1) is 0 Å². The average Bonchev–Trinajstić information content (AvgIpc) is 2.26. The normalized spacial score (nSPS) is 18.4. The molecule has 106 valence electrons. The van der Waals surface area contributed by atoms with Gasteiger partial charge in [-0.05, 0) is 24.5 Å². The molecule has 19 heavy (non-hydrogen) atoms. The molecule has 1 aliphatic rings. The largest absolute Gasteiger partial charge is 0.416 e. The van der Waals surface area contributed by atoms with Gasteiger partial charge in [-0.1, -0.05) is 38.5 Å². The van der Waals surface area contributed by atoms with Gasteiger partial charge in [-0.15, -0.1) is 0 Å². The van der Waals surface area contributed by atoms with Crippen molar-refractivity contribution in [2.24, 2.45) is 0 Å². The van der Waals surface area contributed by atoms with E-state index in [-0.39, 0.29) is 5.41 Å². The van der Waals surface area contributed by atoms with Crippen molar-refractivity contribution < 1.29 is 13.2 Å². The van der Waals surface area contributed by atoms with E-state index < -0.39 is 11.7 Å². The fourth-order valence-electron chi connectivity index (χ4n) is 2.60. The molecule has 0 aromatic heterocycles. The van der Waals surface area contributed by atoms with Crippen molar-refractivity contribution in [3.8, 4) is 0 Å². The van der Waals surface area contributed by atoms with Crippen molar-refractivity contribution in [3.63, 3.8) is 0 Å². The van der Waals surface area contributed by atoms with Crippen LogP contribution in [0.15, 0.2) is 24.3 Å². The van der Waals surface area contributed by atoms with Crippen LogP contribution in [0.4, 0.5) is 13.2 Å². The molecule has 0 saturated heterocycles. The number of benzene rings is 1. The molecule has 2 rings (SSSR count). The van der Waals surface area contributed by atoms with Crippen molar-refractivity contribution in [2.75, 3.05) is 6.54 Å². The van der Waals surface area contributed by atoms with Crippen LogP contribution in [0.25, 0.3) is 0 Å². The third-order valence-corrected chi connectivity index (χ3v) is 3.96. The molecule has 0 bridgehead atoms. The first-order valence-electron chi connectivity index (χ1n) is 6.75. The molecule has 0 amide bonds. The van der Waals surface area contributed by atoms with E-state index in [4.69, 9.17) is 0 Å². The summed E-state index contributed by atoms with van der Waals surface area (Å²) in [4.78, 5) is 0. The van der Waals surface area contributed by atoms with Gasteiger partial charge in [0.2, 0.25) is 0 Å². The maximum Gasteiger partial charge on any atom is 0.416 e. The van der Waals surface area contributed by atoms with Crippen LogP contribution in [0.3, 0.4) is 0 Å². The molecule has 1 N–H and O–H groups in total. The Kier molecular flexibility index (Phi) is 3.90. The van der Waals surface area contributed by atoms with Crippen molar-refractivity contribution in [3.05, 3.63) is 35.4 Å². The zero-order valence-electron chi connectivity index (χ0n) is 11.3. The predicted octanol–water partition coefficient (Wildman–Crippen LogP) is 4.13. The van der Waals surface area contributed by atoms with Crippen LogP contribution >= 0.6 is 0 Å². The van der Waals surface area contributed by atoms with Gasteiger partial charge in [0, 0.05) is 18.0 Å². The van der Waals surface area contributed by atoms with Crippen molar-refractivity contribution >= 4 is 0 Å². The van der Waals surface area contributed by atoms with E-state index in [2.05, 4.69) is 19.2 Å². The van der Waals surface area contributed by atoms with Crippen molar-refractivity contribution in [1.29, 1.82) is 0 Å². The maximum absolute atomic E-state index is 12.8. The summed E-state index contributed by atoms with van der Waals surface area (Å²) in [5.74, 6) is 0. The molecule has 0 spiro atoms. The van der Waals surface area contributed by atoms with E-state index >= 15 is 0 Å². The molecule has 1 aliphatic carbocycles. The number of rotatable bonds is 4. The summed E-state index contributed by atoms with van der Waals surface area (Å²) >= 11 is 0. The lowest BCUT2D eigenvalue weighted by Crippen LogP contribution is -2.45. The average molecular weight is 271 g/mol. The topological polar surface area (TPSA) is 12.0 Å². The number of alkyl halides is 3. The van der Waals surface area contributed by atoms with Crippen LogP contribution < -0.4 is 5.32 Å². The second-order valence-corrected chi connectivity index (χ2v) is 5.75. The van der Waals surface area contributed by atoms with E-state index in [0.29, 0.717) is 6.04 Å². The van der Waals surface area contributed by atoms with E-state index in [0.717, 1.165) is 37.4 Å². The molecule has 1 saturated carbocycles. The number of hydrogen-bond donors (Lipinski definition) is 1. The first kappa shape index (κ1) is 14.4. The number of halogens is 3. The summed E-state index contributed by atoms with van der Waals surface area (Å²) in [6.07, 6.45) is -1.23. The van der Waals surface area contributed by atoms with E-state index in [1.807, 2.05) is 6.07 Å². The minimum atomic E-state index is -4.26. The van der Waals surface area contributed by atoms with Gasteiger partial charge in [-0.25, -0.2) is 0 Å². The zero-order valence-corrected chi connectivity index (χ0v) is 11.3. The summed E-state index contributed by atoms with van der Waals surface area (Å²) in [5, 5.41) is 3.36. The van der Waals surface area contributed by atoms with E-state index in [1.165, 1.54) is 12.1 Å². The van der Waals surface area contributed by atoms with E-state index in [9.17, 15) is 13.2 Å². The quantitative estimate of drug-likeness (QED) is 0.868. The van der Waals surface area contributed by atoms with Gasteiger partial charge in [-0.2, -0.15) is 13.2 Å². The predicted molar refractivity (Wildman–Crippen MR) is 70.1 cm³/mol. The Balaban J connectivity index is 2.24. The van der Waals surface area contributed by atoms with Gasteiger partial charge in [0.15, 0.2) is 0 Å². The Bertz CT molecular complexity index is 433. The van der Waals surface area contributed by atoms with E-state index in [1.54, 1.807) is 0 Å². The summed E-state index contributed by atoms with van der Waals surface area (Å²) in [6.45, 7) is 4.86. The van der Waals surface area contributed by atoms with Gasteiger partial charge in [-0.3, -0.25) is 0 Å². The minimum absolute atomic E-state index is 0.106. The second-order valence-electron chi connectivity index (χ2n) is 5.75. The summed E-state index contributed by atoms with van der Waals surface area (Å²) in [7, 11) is 0. The molecule has 0 heterocycles. The second kappa shape index (κ2) is 5.16. The number of hydrogen-bond acceptors (Lipinski definition) is 1. The standard InChI is InChI=1S/C15H20F3N/c1-11(2)19-10-14(7-4-8-14)12-5-3-6-13(9-12)15(16,17)18/h3,5-6,9,11,19H,4,7-8,10H2,1-2H3. The maximum atomic E-state index is 12.8. The number of nitrogens with one attached hydrogen (secondary N) is 1. The zero-order chi connectivity index (χ0) is 14.1. The molecule has 1 aromatic carbocycles. The molecule has 0 atom stereocenters. The highest BCUT2D eigenvalue weighted by molar-refractivity contribution is 5.34. The third kappa shape index (κ3) is 3.11. The van der Waals surface area contributed by atoms with Crippen molar-refractivity contribution in [1.82, 2.24) is 5.32 Å². The highest BCUT2D eigenvalue weighted by Gasteiger charge is 2.40. The summed E-state index contributed by atoms with van der Waals surface area (Å²) < 4.78 is 38.3. The molecule has 1 fully saturated rings. The van der Waals surface area contributed by atoms with Crippen LogP contribution in [-0.2, 0) is 11.6 Å². The highest BCUT2D eigenvalue weighted by atomic mass is 19.4. The van der Waals surface area contributed by atoms with Gasteiger partial charge in [0.25, 0.3) is 0 Å². The fraction of sp³-hybridized carbons (Fsp3) is 0.600. The molecule has 1 aromatic rings. The Morgan fingerprint density at radius 2 is 1.95 bits per heavy atom. The third-order valence-electron chi connectivity index (χ3n) is 3.96. The molecular weight excluding hydrogens is 251 g/mol. The molecule has 4 heteroatoms. The molecule has 1 nitrogen and oxygen atoms in total. The molecular formula is C15H20F3N. The minimum Gasteiger partial charge on any atom is -0.314 e. The van der Waals surface area contributed by atoms with Crippen molar-refractivity contribution in [2.45, 2.75) is 50.7 Å². The monoisotopic (exact) mass is 271 g/mol. The van der Waals surface area contributed by atoms with Gasteiger partial charge >= 0.3 is 6.18 Å². The van der Waals surface area contributed by atoms with Crippen LogP contribution in [0.5, 0.6) is 0 Å². The molecule has 0 radical (unpaired) electrons. The van der Waals surface area contributed by atoms with Crippen LogP contribution in [-0.4, -0.2) is 12.6 Å². The van der Waals surface area contributed by atoms with Gasteiger partial charge in [0.1, 0.15) is 0 Å². The molecule has 0 aliphatic heterocycles. The highest BCUT2D eigenvalue weighted by Crippen LogP contribution is 2.44. The lowest BCUT2D eigenvalue weighted by atomic mass is 9.64. The van der Waals surface area contributed by atoms with Gasteiger partial charge in [0.05, 0.1) is 5.56 Å². The smallest absolute Gasteiger partial charge is 0.314 e. The lowest BCUT2D eigenvalue weighted by molar-refractivity contribution is -0.137. The first-order chi connectivity index (χ1) is 8.83. The SMILES string of the molecule is CC(C)NCC1(c2cccc(C(F)(F)F)c2)CCC1. The fourth-order valence-corrected chi connectivity index (χ4v) is 2.60. The molecule has 0 unspecified atom stereocenters. The summed E-state index contributed by atoms with van der Waals surface area (Å²) in [5.41, 5.74) is 0.175. The van der Waals surface area contributed by atoms with Crippen LogP contribution in [0.1, 0.15) is 44.2 Å². The van der Waals surface area contributed by atoms with Gasteiger partial charge < -0.3 is 5.32 Å². The Morgan fingerprint density at radius 3 is 2.42 bits per heavy atom. The summed E-state index contributed by atoms with van der Waals surface area (Å²) in [6, 6.07) is 6.17. The van der Waals surface area contributed by atoms with Crippen LogP contribution in [0.2, 0.25) is 0 Å². The lowest BCUT2D eigenvalue weighted by Gasteiger charge is -2.43. The first-order valence-corrected chi connectivity index (χ1v) is 6.75. The Hall–Kier alpha value is -1.03.